The van der Waals surface area contributed by atoms with E-state index < -0.39 is 0 Å². The lowest BCUT2D eigenvalue weighted by Crippen LogP contribution is -2.26. The highest BCUT2D eigenvalue weighted by Crippen LogP contribution is 2.28. The number of hydrogen-bond donors (Lipinski definition) is 1. The standard InChI is InChI=1S/C21H25N3OS/c25-20(22-12-6-9-16-7-4-5-8-16)13-18-15-26-21-23-19(14-24(18)21)17-10-2-1-3-11-17/h1-3,10-11,14-16H,4-9,12-13H2,(H,22,25). The highest BCUT2D eigenvalue weighted by Gasteiger charge is 2.15. The van der Waals surface area contributed by atoms with Gasteiger partial charge in [-0.3, -0.25) is 9.20 Å². The van der Waals surface area contributed by atoms with Crippen molar-refractivity contribution < 1.29 is 4.79 Å². The molecule has 1 aliphatic carbocycles. The molecule has 1 saturated carbocycles. The Labute approximate surface area is 158 Å². The van der Waals surface area contributed by atoms with Crippen LogP contribution in [-0.2, 0) is 11.2 Å². The molecule has 2 heterocycles. The van der Waals surface area contributed by atoms with Gasteiger partial charge in [0.2, 0.25) is 5.91 Å². The summed E-state index contributed by atoms with van der Waals surface area (Å²) < 4.78 is 2.05. The predicted molar refractivity (Wildman–Crippen MR) is 106 cm³/mol. The number of imidazole rings is 1. The minimum Gasteiger partial charge on any atom is -0.356 e. The van der Waals surface area contributed by atoms with Gasteiger partial charge in [0.1, 0.15) is 0 Å². The molecule has 0 radical (unpaired) electrons. The van der Waals surface area contributed by atoms with Crippen molar-refractivity contribution in [3.05, 3.63) is 47.6 Å². The lowest BCUT2D eigenvalue weighted by molar-refractivity contribution is -0.120. The summed E-state index contributed by atoms with van der Waals surface area (Å²) in [5, 5.41) is 5.12. The Bertz CT molecular complexity index is 862. The molecule has 26 heavy (non-hydrogen) atoms. The predicted octanol–water partition coefficient (Wildman–Crippen LogP) is 4.69. The number of rotatable bonds is 7. The second-order valence-corrected chi connectivity index (χ2v) is 8.03. The van der Waals surface area contributed by atoms with Crippen LogP contribution in [0.2, 0.25) is 0 Å². The van der Waals surface area contributed by atoms with Crippen LogP contribution < -0.4 is 5.32 Å². The van der Waals surface area contributed by atoms with E-state index in [9.17, 15) is 4.79 Å². The number of carbonyl (C=O) groups is 1. The van der Waals surface area contributed by atoms with Crippen LogP contribution in [0.15, 0.2) is 41.9 Å². The minimum absolute atomic E-state index is 0.103. The average Bonchev–Trinajstić information content (AvgIpc) is 3.38. The topological polar surface area (TPSA) is 46.4 Å². The molecule has 0 aliphatic heterocycles. The highest BCUT2D eigenvalue weighted by atomic mass is 32.1. The summed E-state index contributed by atoms with van der Waals surface area (Å²) in [7, 11) is 0. The molecule has 5 heteroatoms. The van der Waals surface area contributed by atoms with Gasteiger partial charge in [-0.1, -0.05) is 56.0 Å². The first kappa shape index (κ1) is 17.3. The highest BCUT2D eigenvalue weighted by molar-refractivity contribution is 7.15. The van der Waals surface area contributed by atoms with Crippen molar-refractivity contribution in [3.8, 4) is 11.3 Å². The quantitative estimate of drug-likeness (QED) is 0.616. The summed E-state index contributed by atoms with van der Waals surface area (Å²) in [5.74, 6) is 0.997. The number of hydrogen-bond acceptors (Lipinski definition) is 3. The zero-order valence-electron chi connectivity index (χ0n) is 15.0. The van der Waals surface area contributed by atoms with Gasteiger partial charge in [0, 0.05) is 29.4 Å². The van der Waals surface area contributed by atoms with E-state index in [2.05, 4.69) is 22.4 Å². The molecule has 0 atom stereocenters. The Morgan fingerprint density at radius 3 is 2.85 bits per heavy atom. The Morgan fingerprint density at radius 1 is 1.23 bits per heavy atom. The molecule has 4 rings (SSSR count). The van der Waals surface area contributed by atoms with Crippen LogP contribution in [0.1, 0.15) is 44.2 Å². The minimum atomic E-state index is 0.103. The normalized spacial score (nSPS) is 14.9. The van der Waals surface area contributed by atoms with Crippen LogP contribution in [0.25, 0.3) is 16.2 Å². The number of nitrogens with zero attached hydrogens (tertiary/aromatic N) is 2. The third-order valence-corrected chi connectivity index (χ3v) is 6.17. The van der Waals surface area contributed by atoms with Gasteiger partial charge in [0.25, 0.3) is 0 Å². The van der Waals surface area contributed by atoms with Gasteiger partial charge < -0.3 is 5.32 Å². The number of nitrogens with one attached hydrogen (secondary N) is 1. The fourth-order valence-corrected chi connectivity index (χ4v) is 4.72. The molecule has 136 valence electrons. The zero-order valence-corrected chi connectivity index (χ0v) is 15.8. The van der Waals surface area contributed by atoms with Gasteiger partial charge in [0.05, 0.1) is 12.1 Å². The molecular formula is C21H25N3OS. The average molecular weight is 368 g/mol. The maximum Gasteiger partial charge on any atom is 0.225 e. The van der Waals surface area contributed by atoms with E-state index in [0.717, 1.165) is 40.8 Å². The number of aromatic nitrogens is 2. The van der Waals surface area contributed by atoms with E-state index in [-0.39, 0.29) is 5.91 Å². The Balaban J connectivity index is 1.33. The van der Waals surface area contributed by atoms with Gasteiger partial charge in [-0.05, 0) is 18.8 Å². The molecule has 1 aromatic carbocycles. The summed E-state index contributed by atoms with van der Waals surface area (Å²) in [6, 6.07) is 10.2. The first-order chi connectivity index (χ1) is 12.8. The third-order valence-electron chi connectivity index (χ3n) is 5.28. The lowest BCUT2D eigenvalue weighted by Gasteiger charge is -2.09. The Morgan fingerprint density at radius 2 is 2.04 bits per heavy atom. The monoisotopic (exact) mass is 367 g/mol. The fourth-order valence-electron chi connectivity index (χ4n) is 3.85. The molecule has 0 saturated heterocycles. The summed E-state index contributed by atoms with van der Waals surface area (Å²) >= 11 is 1.59. The molecule has 2 aromatic heterocycles. The first-order valence-corrected chi connectivity index (χ1v) is 10.4. The molecule has 0 bridgehead atoms. The van der Waals surface area contributed by atoms with Gasteiger partial charge in [-0.2, -0.15) is 0 Å². The fraction of sp³-hybridized carbons (Fsp3) is 0.429. The number of fused-ring (bicyclic) bond motifs is 1. The van der Waals surface area contributed by atoms with Crippen LogP contribution in [0.3, 0.4) is 0 Å². The molecule has 3 aromatic rings. The molecule has 1 N–H and O–H groups in total. The largest absolute Gasteiger partial charge is 0.356 e. The summed E-state index contributed by atoms with van der Waals surface area (Å²) in [6.07, 6.45) is 10.3. The van der Waals surface area contributed by atoms with Crippen molar-refractivity contribution in [1.82, 2.24) is 14.7 Å². The van der Waals surface area contributed by atoms with Gasteiger partial charge in [-0.15, -0.1) is 11.3 Å². The van der Waals surface area contributed by atoms with Crippen LogP contribution in [0.5, 0.6) is 0 Å². The summed E-state index contributed by atoms with van der Waals surface area (Å²) in [5.41, 5.74) is 3.06. The molecular weight excluding hydrogens is 342 g/mol. The van der Waals surface area contributed by atoms with Gasteiger partial charge >= 0.3 is 0 Å². The van der Waals surface area contributed by atoms with Crippen molar-refractivity contribution >= 4 is 22.2 Å². The van der Waals surface area contributed by atoms with Gasteiger partial charge in [-0.25, -0.2) is 4.98 Å². The van der Waals surface area contributed by atoms with Crippen LogP contribution >= 0.6 is 11.3 Å². The number of thiazole rings is 1. The van der Waals surface area contributed by atoms with Crippen LogP contribution in [0.4, 0.5) is 0 Å². The van der Waals surface area contributed by atoms with Crippen LogP contribution in [0, 0.1) is 5.92 Å². The molecule has 4 nitrogen and oxygen atoms in total. The molecule has 0 unspecified atom stereocenters. The number of carbonyl (C=O) groups excluding carboxylic acids is 1. The second kappa shape index (κ2) is 8.04. The maximum atomic E-state index is 12.3. The summed E-state index contributed by atoms with van der Waals surface area (Å²) in [6.45, 7) is 0.793. The van der Waals surface area contributed by atoms with Crippen molar-refractivity contribution in [2.24, 2.45) is 5.92 Å². The van der Waals surface area contributed by atoms with Crippen molar-refractivity contribution in [2.45, 2.75) is 44.9 Å². The number of benzene rings is 1. The smallest absolute Gasteiger partial charge is 0.225 e. The summed E-state index contributed by atoms with van der Waals surface area (Å²) in [4.78, 5) is 17.9. The number of amides is 1. The van der Waals surface area contributed by atoms with Crippen molar-refractivity contribution in [2.75, 3.05) is 6.54 Å². The van der Waals surface area contributed by atoms with Crippen molar-refractivity contribution in [3.63, 3.8) is 0 Å². The molecule has 1 fully saturated rings. The Hall–Kier alpha value is -2.14. The Kier molecular flexibility index (Phi) is 5.34. The van der Waals surface area contributed by atoms with E-state index in [1.54, 1.807) is 11.3 Å². The van der Waals surface area contributed by atoms with E-state index in [0.29, 0.717) is 6.42 Å². The van der Waals surface area contributed by atoms with E-state index in [1.807, 2.05) is 34.2 Å². The molecule has 1 aliphatic rings. The lowest BCUT2D eigenvalue weighted by atomic mass is 10.0. The molecule has 1 amide bonds. The van der Waals surface area contributed by atoms with E-state index >= 15 is 0 Å². The maximum absolute atomic E-state index is 12.3. The molecule has 0 spiro atoms. The SMILES string of the molecule is O=C(Cc1csc2nc(-c3ccccc3)cn12)NCCCC1CCCC1. The zero-order chi connectivity index (χ0) is 17.8. The van der Waals surface area contributed by atoms with E-state index in [1.165, 1.54) is 32.1 Å². The third kappa shape index (κ3) is 3.98. The first-order valence-electron chi connectivity index (χ1n) is 9.57. The van der Waals surface area contributed by atoms with E-state index in [4.69, 9.17) is 0 Å². The van der Waals surface area contributed by atoms with Gasteiger partial charge in [0.15, 0.2) is 4.96 Å². The van der Waals surface area contributed by atoms with Crippen molar-refractivity contribution in [1.29, 1.82) is 0 Å². The second-order valence-electron chi connectivity index (χ2n) is 7.19. The van der Waals surface area contributed by atoms with Crippen LogP contribution in [-0.4, -0.2) is 21.8 Å².